The van der Waals surface area contributed by atoms with Crippen molar-refractivity contribution in [2.45, 2.75) is 6.61 Å². The average Bonchev–Trinajstić information content (AvgIpc) is 2.74. The number of amides is 1. The molecule has 0 fully saturated rings. The number of anilines is 2. The second kappa shape index (κ2) is 9.36. The highest BCUT2D eigenvalue weighted by Gasteiger charge is 2.13. The zero-order valence-corrected chi connectivity index (χ0v) is 15.4. The first kappa shape index (κ1) is 19.9. The van der Waals surface area contributed by atoms with Gasteiger partial charge in [-0.2, -0.15) is 0 Å². The highest BCUT2D eigenvalue weighted by Crippen LogP contribution is 2.23. The maximum absolute atomic E-state index is 13.6. The predicted octanol–water partition coefficient (Wildman–Crippen LogP) is 3.78. The van der Waals surface area contributed by atoms with E-state index in [0.717, 1.165) is 5.56 Å². The number of halogens is 1. The minimum Gasteiger partial charge on any atom is -0.482 e. The van der Waals surface area contributed by atoms with Crippen molar-refractivity contribution in [1.29, 1.82) is 0 Å². The fourth-order valence-corrected chi connectivity index (χ4v) is 2.48. The zero-order valence-electron chi connectivity index (χ0n) is 15.4. The van der Waals surface area contributed by atoms with Gasteiger partial charge in [0.25, 0.3) is 5.91 Å². The summed E-state index contributed by atoms with van der Waals surface area (Å²) in [5.41, 5.74) is 7.24. The Hall–Kier alpha value is -3.87. The second-order valence-electron chi connectivity index (χ2n) is 6.13. The van der Waals surface area contributed by atoms with Gasteiger partial charge in [-0.25, -0.2) is 9.18 Å². The SMILES string of the molecule is Nc1ccc(C(=O)OCc2ccccc2)cc1OCC(=O)Nc1ccccc1F. The molecule has 1 amide bonds. The molecule has 29 heavy (non-hydrogen) atoms. The van der Waals surface area contributed by atoms with E-state index in [9.17, 15) is 14.0 Å². The van der Waals surface area contributed by atoms with E-state index in [1.807, 2.05) is 30.3 Å². The van der Waals surface area contributed by atoms with Gasteiger partial charge in [0.05, 0.1) is 16.9 Å². The van der Waals surface area contributed by atoms with Crippen LogP contribution in [0, 0.1) is 5.82 Å². The molecule has 3 N–H and O–H groups in total. The number of hydrogen-bond donors (Lipinski definition) is 2. The van der Waals surface area contributed by atoms with Gasteiger partial charge in [0.1, 0.15) is 18.2 Å². The summed E-state index contributed by atoms with van der Waals surface area (Å²) in [5.74, 6) is -1.51. The molecule has 0 saturated heterocycles. The Labute approximate surface area is 167 Å². The monoisotopic (exact) mass is 394 g/mol. The predicted molar refractivity (Wildman–Crippen MR) is 107 cm³/mol. The van der Waals surface area contributed by atoms with Crippen molar-refractivity contribution in [3.63, 3.8) is 0 Å². The summed E-state index contributed by atoms with van der Waals surface area (Å²) in [4.78, 5) is 24.3. The molecule has 0 aromatic heterocycles. The number of rotatable bonds is 7. The third-order valence-corrected chi connectivity index (χ3v) is 3.97. The van der Waals surface area contributed by atoms with Crippen LogP contribution in [0.5, 0.6) is 5.75 Å². The Morgan fingerprint density at radius 2 is 1.69 bits per heavy atom. The summed E-state index contributed by atoms with van der Waals surface area (Å²) in [6.07, 6.45) is 0. The number of para-hydroxylation sites is 1. The second-order valence-corrected chi connectivity index (χ2v) is 6.13. The third kappa shape index (κ3) is 5.55. The number of esters is 1. The van der Waals surface area contributed by atoms with Crippen LogP contribution >= 0.6 is 0 Å². The van der Waals surface area contributed by atoms with E-state index in [2.05, 4.69) is 5.32 Å². The van der Waals surface area contributed by atoms with Crippen LogP contribution in [0.3, 0.4) is 0 Å². The number of carbonyl (C=O) groups excluding carboxylic acids is 2. The van der Waals surface area contributed by atoms with Crippen molar-refractivity contribution in [3.05, 3.63) is 89.7 Å². The Morgan fingerprint density at radius 1 is 0.966 bits per heavy atom. The molecule has 148 valence electrons. The summed E-state index contributed by atoms with van der Waals surface area (Å²) in [5, 5.41) is 2.40. The lowest BCUT2D eigenvalue weighted by Gasteiger charge is -2.11. The molecule has 0 saturated carbocycles. The zero-order chi connectivity index (χ0) is 20.6. The van der Waals surface area contributed by atoms with Crippen molar-refractivity contribution in [2.24, 2.45) is 0 Å². The molecule has 0 radical (unpaired) electrons. The van der Waals surface area contributed by atoms with Gasteiger partial charge in [0, 0.05) is 0 Å². The number of nitrogens with one attached hydrogen (secondary N) is 1. The van der Waals surface area contributed by atoms with Gasteiger partial charge in [-0.15, -0.1) is 0 Å². The Morgan fingerprint density at radius 3 is 2.45 bits per heavy atom. The Kier molecular flexibility index (Phi) is 6.42. The van der Waals surface area contributed by atoms with Gasteiger partial charge >= 0.3 is 5.97 Å². The van der Waals surface area contributed by atoms with Crippen LogP contribution in [0.2, 0.25) is 0 Å². The quantitative estimate of drug-likeness (QED) is 0.470. The van der Waals surface area contributed by atoms with Gasteiger partial charge in [0.15, 0.2) is 6.61 Å². The van der Waals surface area contributed by atoms with Gasteiger partial charge in [-0.1, -0.05) is 42.5 Å². The van der Waals surface area contributed by atoms with Gasteiger partial charge < -0.3 is 20.5 Å². The average molecular weight is 394 g/mol. The number of hydrogen-bond acceptors (Lipinski definition) is 5. The Balaban J connectivity index is 1.59. The molecular formula is C22H19FN2O4. The third-order valence-electron chi connectivity index (χ3n) is 3.97. The summed E-state index contributed by atoms with van der Waals surface area (Å²) in [7, 11) is 0. The van der Waals surface area contributed by atoms with Crippen LogP contribution in [0.1, 0.15) is 15.9 Å². The molecule has 0 heterocycles. The molecular weight excluding hydrogens is 375 g/mol. The molecule has 0 aliphatic carbocycles. The fraction of sp³-hybridized carbons (Fsp3) is 0.0909. The maximum atomic E-state index is 13.6. The van der Waals surface area contributed by atoms with E-state index < -0.39 is 24.3 Å². The molecule has 0 unspecified atom stereocenters. The van der Waals surface area contributed by atoms with Crippen LogP contribution in [-0.4, -0.2) is 18.5 Å². The molecule has 0 aliphatic heterocycles. The van der Waals surface area contributed by atoms with E-state index in [1.54, 1.807) is 6.07 Å². The highest BCUT2D eigenvalue weighted by atomic mass is 19.1. The first-order valence-electron chi connectivity index (χ1n) is 8.80. The largest absolute Gasteiger partial charge is 0.482 e. The standard InChI is InChI=1S/C22H19FN2O4/c23-17-8-4-5-9-19(17)25-21(26)14-28-20-12-16(10-11-18(20)24)22(27)29-13-15-6-2-1-3-7-15/h1-12H,13-14,24H2,(H,25,26). The van der Waals surface area contributed by atoms with Crippen LogP contribution in [-0.2, 0) is 16.1 Å². The van der Waals surface area contributed by atoms with Gasteiger partial charge in [-0.3, -0.25) is 4.79 Å². The fourth-order valence-electron chi connectivity index (χ4n) is 2.48. The lowest BCUT2D eigenvalue weighted by molar-refractivity contribution is -0.118. The van der Waals surface area contributed by atoms with Crippen molar-refractivity contribution in [1.82, 2.24) is 0 Å². The minimum atomic E-state index is -0.563. The number of benzene rings is 3. The Bertz CT molecular complexity index is 1010. The smallest absolute Gasteiger partial charge is 0.338 e. The van der Waals surface area contributed by atoms with Crippen molar-refractivity contribution < 1.29 is 23.5 Å². The highest BCUT2D eigenvalue weighted by molar-refractivity contribution is 5.92. The molecule has 3 aromatic rings. The molecule has 0 bridgehead atoms. The summed E-state index contributed by atoms with van der Waals surface area (Å²) < 4.78 is 24.3. The van der Waals surface area contributed by atoms with E-state index in [1.165, 1.54) is 36.4 Å². The minimum absolute atomic E-state index is 0.0484. The topological polar surface area (TPSA) is 90.7 Å². The normalized spacial score (nSPS) is 10.2. The molecule has 0 spiro atoms. The molecule has 0 atom stereocenters. The molecule has 6 nitrogen and oxygen atoms in total. The van der Waals surface area contributed by atoms with Crippen molar-refractivity contribution in [2.75, 3.05) is 17.7 Å². The van der Waals surface area contributed by atoms with Gasteiger partial charge in [0.2, 0.25) is 0 Å². The first-order chi connectivity index (χ1) is 14.0. The van der Waals surface area contributed by atoms with Crippen LogP contribution < -0.4 is 15.8 Å². The first-order valence-corrected chi connectivity index (χ1v) is 8.80. The van der Waals surface area contributed by atoms with E-state index in [4.69, 9.17) is 15.2 Å². The maximum Gasteiger partial charge on any atom is 0.338 e. The van der Waals surface area contributed by atoms with Gasteiger partial charge in [-0.05, 0) is 35.9 Å². The van der Waals surface area contributed by atoms with E-state index in [-0.39, 0.29) is 29.3 Å². The van der Waals surface area contributed by atoms with Crippen molar-refractivity contribution >= 4 is 23.3 Å². The summed E-state index contributed by atoms with van der Waals surface area (Å²) in [6.45, 7) is -0.271. The summed E-state index contributed by atoms with van der Waals surface area (Å²) in [6, 6.07) is 19.5. The van der Waals surface area contributed by atoms with E-state index in [0.29, 0.717) is 0 Å². The lowest BCUT2D eigenvalue weighted by atomic mass is 10.2. The number of carbonyl (C=O) groups is 2. The molecule has 3 rings (SSSR count). The van der Waals surface area contributed by atoms with Crippen LogP contribution in [0.15, 0.2) is 72.8 Å². The summed E-state index contributed by atoms with van der Waals surface area (Å²) >= 11 is 0. The van der Waals surface area contributed by atoms with Crippen LogP contribution in [0.4, 0.5) is 15.8 Å². The van der Waals surface area contributed by atoms with Crippen LogP contribution in [0.25, 0.3) is 0 Å². The number of nitrogen functional groups attached to an aromatic ring is 1. The van der Waals surface area contributed by atoms with E-state index >= 15 is 0 Å². The lowest BCUT2D eigenvalue weighted by Crippen LogP contribution is -2.21. The molecule has 3 aromatic carbocycles. The molecule has 7 heteroatoms. The van der Waals surface area contributed by atoms with Crippen molar-refractivity contribution in [3.8, 4) is 5.75 Å². The number of ether oxygens (including phenoxy) is 2. The molecule has 0 aliphatic rings. The number of nitrogens with two attached hydrogens (primary N) is 1.